The summed E-state index contributed by atoms with van der Waals surface area (Å²) in [6.45, 7) is 14.3. The lowest BCUT2D eigenvalue weighted by Gasteiger charge is -2.22. The van der Waals surface area contributed by atoms with Crippen LogP contribution in [0.15, 0.2) is 55.1 Å². The Hall–Kier alpha value is -2.80. The van der Waals surface area contributed by atoms with Gasteiger partial charge in [0.1, 0.15) is 0 Å². The van der Waals surface area contributed by atoms with Gasteiger partial charge in [0.05, 0.1) is 0 Å². The van der Waals surface area contributed by atoms with Crippen LogP contribution in [0, 0.1) is 27.7 Å². The first-order valence-electron chi connectivity index (χ1n) is 9.60. The number of rotatable bonds is 2. The standard InChI is InChI=1S/C26H27N/c1-16-11-7-9-13-21(16)24-18(3)19(4)25(22-14-10-8-12-17(22)2)26-20(5)27(6)15-23(24)26/h7-14H,5,15H2,1-4,6H3. The maximum absolute atomic E-state index is 4.45. The van der Waals surface area contributed by atoms with E-state index in [0.29, 0.717) is 0 Å². The molecule has 1 heteroatoms. The third-order valence-corrected chi connectivity index (χ3v) is 6.14. The quantitative estimate of drug-likeness (QED) is 0.497. The van der Waals surface area contributed by atoms with Crippen LogP contribution in [0.25, 0.3) is 28.0 Å². The molecule has 1 heterocycles. The van der Waals surface area contributed by atoms with Crippen molar-refractivity contribution in [2.24, 2.45) is 0 Å². The third-order valence-electron chi connectivity index (χ3n) is 6.14. The highest BCUT2D eigenvalue weighted by Crippen LogP contribution is 2.47. The third kappa shape index (κ3) is 2.61. The van der Waals surface area contributed by atoms with Crippen LogP contribution in [0.2, 0.25) is 0 Å². The predicted molar refractivity (Wildman–Crippen MR) is 117 cm³/mol. The summed E-state index contributed by atoms with van der Waals surface area (Å²) in [6, 6.07) is 17.4. The van der Waals surface area contributed by atoms with E-state index in [1.54, 1.807) is 0 Å². The van der Waals surface area contributed by atoms with Crippen molar-refractivity contribution in [2.75, 3.05) is 7.05 Å². The van der Waals surface area contributed by atoms with E-state index in [2.05, 4.69) is 94.8 Å². The largest absolute Gasteiger partial charge is 0.370 e. The first-order valence-corrected chi connectivity index (χ1v) is 9.60. The number of aryl methyl sites for hydroxylation is 2. The normalized spacial score (nSPS) is 13.2. The van der Waals surface area contributed by atoms with Crippen LogP contribution >= 0.6 is 0 Å². The van der Waals surface area contributed by atoms with Gasteiger partial charge in [0.2, 0.25) is 0 Å². The van der Waals surface area contributed by atoms with E-state index in [0.717, 1.165) is 12.2 Å². The molecule has 0 fully saturated rings. The number of benzene rings is 3. The van der Waals surface area contributed by atoms with Crippen LogP contribution in [0.3, 0.4) is 0 Å². The van der Waals surface area contributed by atoms with Crippen molar-refractivity contribution in [3.05, 3.63) is 88.5 Å². The molecule has 0 saturated heterocycles. The lowest BCUT2D eigenvalue weighted by atomic mass is 9.81. The summed E-state index contributed by atoms with van der Waals surface area (Å²) in [6.07, 6.45) is 0. The van der Waals surface area contributed by atoms with Crippen molar-refractivity contribution >= 4 is 5.70 Å². The number of hydrogen-bond acceptors (Lipinski definition) is 1. The Kier molecular flexibility index (Phi) is 4.19. The van der Waals surface area contributed by atoms with E-state index in [9.17, 15) is 0 Å². The van der Waals surface area contributed by atoms with Crippen LogP contribution in [0.4, 0.5) is 0 Å². The second kappa shape index (κ2) is 6.42. The fraction of sp³-hybridized carbons (Fsp3) is 0.231. The van der Waals surface area contributed by atoms with Gasteiger partial charge in [0.15, 0.2) is 0 Å². The molecule has 1 aliphatic rings. The molecular formula is C26H27N. The van der Waals surface area contributed by atoms with Crippen molar-refractivity contribution in [2.45, 2.75) is 34.2 Å². The highest BCUT2D eigenvalue weighted by Gasteiger charge is 2.30. The molecule has 1 nitrogen and oxygen atoms in total. The van der Waals surface area contributed by atoms with Gasteiger partial charge in [-0.15, -0.1) is 0 Å². The molecule has 0 radical (unpaired) electrons. The summed E-state index contributed by atoms with van der Waals surface area (Å²) in [5.74, 6) is 0. The highest BCUT2D eigenvalue weighted by molar-refractivity contribution is 5.93. The predicted octanol–water partition coefficient (Wildman–Crippen LogP) is 6.67. The molecule has 0 amide bonds. The number of nitrogens with zero attached hydrogens (tertiary/aromatic N) is 1. The zero-order valence-corrected chi connectivity index (χ0v) is 17.0. The minimum Gasteiger partial charge on any atom is -0.370 e. The average Bonchev–Trinajstić information content (AvgIpc) is 2.93. The molecule has 3 aromatic carbocycles. The molecule has 0 N–H and O–H groups in total. The van der Waals surface area contributed by atoms with Gasteiger partial charge >= 0.3 is 0 Å². The van der Waals surface area contributed by atoms with Gasteiger partial charge in [0, 0.05) is 24.9 Å². The zero-order chi connectivity index (χ0) is 19.3. The summed E-state index contributed by atoms with van der Waals surface area (Å²) in [7, 11) is 2.15. The van der Waals surface area contributed by atoms with Crippen LogP contribution in [-0.2, 0) is 6.54 Å². The number of fused-ring (bicyclic) bond motifs is 1. The lowest BCUT2D eigenvalue weighted by molar-refractivity contribution is 0.502. The summed E-state index contributed by atoms with van der Waals surface area (Å²) in [5.41, 5.74) is 14.7. The molecule has 136 valence electrons. The first-order chi connectivity index (χ1) is 12.9. The second-order valence-electron chi connectivity index (χ2n) is 7.79. The van der Waals surface area contributed by atoms with Crippen molar-refractivity contribution < 1.29 is 0 Å². The molecular weight excluding hydrogens is 326 g/mol. The maximum atomic E-state index is 4.45. The van der Waals surface area contributed by atoms with Gasteiger partial charge in [-0.2, -0.15) is 0 Å². The molecule has 4 rings (SSSR count). The van der Waals surface area contributed by atoms with Gasteiger partial charge in [-0.3, -0.25) is 0 Å². The molecule has 0 aromatic heterocycles. The van der Waals surface area contributed by atoms with E-state index >= 15 is 0 Å². The first kappa shape index (κ1) is 17.6. The van der Waals surface area contributed by atoms with E-state index in [1.165, 1.54) is 55.6 Å². The minimum atomic E-state index is 0.915. The van der Waals surface area contributed by atoms with Crippen molar-refractivity contribution in [1.82, 2.24) is 4.90 Å². The topological polar surface area (TPSA) is 3.24 Å². The average molecular weight is 354 g/mol. The monoisotopic (exact) mass is 353 g/mol. The second-order valence-corrected chi connectivity index (χ2v) is 7.79. The summed E-state index contributed by atoms with van der Waals surface area (Å²) in [4.78, 5) is 2.28. The Bertz CT molecular complexity index is 1070. The Morgan fingerprint density at radius 1 is 0.704 bits per heavy atom. The van der Waals surface area contributed by atoms with Crippen molar-refractivity contribution in [1.29, 1.82) is 0 Å². The Morgan fingerprint density at radius 3 is 1.74 bits per heavy atom. The van der Waals surface area contributed by atoms with E-state index in [-0.39, 0.29) is 0 Å². The Morgan fingerprint density at radius 2 is 1.19 bits per heavy atom. The smallest absolute Gasteiger partial charge is 0.0439 e. The molecule has 0 unspecified atom stereocenters. The van der Waals surface area contributed by atoms with Gasteiger partial charge in [-0.25, -0.2) is 0 Å². The van der Waals surface area contributed by atoms with E-state index in [4.69, 9.17) is 0 Å². The Labute approximate surface area is 163 Å². The van der Waals surface area contributed by atoms with Crippen LogP contribution < -0.4 is 0 Å². The van der Waals surface area contributed by atoms with Gasteiger partial charge < -0.3 is 4.90 Å². The highest BCUT2D eigenvalue weighted by atomic mass is 15.1. The summed E-state index contributed by atoms with van der Waals surface area (Å²) in [5, 5.41) is 0. The van der Waals surface area contributed by atoms with Crippen molar-refractivity contribution in [3.8, 4) is 22.3 Å². The zero-order valence-electron chi connectivity index (χ0n) is 17.0. The van der Waals surface area contributed by atoms with Crippen LogP contribution in [-0.4, -0.2) is 11.9 Å². The Balaban J connectivity index is 2.13. The summed E-state index contributed by atoms with van der Waals surface area (Å²) >= 11 is 0. The molecule has 0 saturated carbocycles. The SMILES string of the molecule is C=C1c2c(c(-c3ccccc3C)c(C)c(C)c2-c2ccccc2C)CN1C. The number of hydrogen-bond donors (Lipinski definition) is 0. The fourth-order valence-corrected chi connectivity index (χ4v) is 4.47. The molecule has 3 aromatic rings. The van der Waals surface area contributed by atoms with Crippen LogP contribution in [0.5, 0.6) is 0 Å². The molecule has 0 atom stereocenters. The van der Waals surface area contributed by atoms with Gasteiger partial charge in [-0.1, -0.05) is 55.1 Å². The molecule has 0 aliphatic carbocycles. The maximum Gasteiger partial charge on any atom is 0.0439 e. The van der Waals surface area contributed by atoms with Crippen LogP contribution in [0.1, 0.15) is 33.4 Å². The lowest BCUT2D eigenvalue weighted by Crippen LogP contribution is -2.06. The summed E-state index contributed by atoms with van der Waals surface area (Å²) < 4.78 is 0. The van der Waals surface area contributed by atoms with Crippen molar-refractivity contribution in [3.63, 3.8) is 0 Å². The fourth-order valence-electron chi connectivity index (χ4n) is 4.47. The molecule has 27 heavy (non-hydrogen) atoms. The van der Waals surface area contributed by atoms with E-state index < -0.39 is 0 Å². The molecule has 0 bridgehead atoms. The van der Waals surface area contributed by atoms with Gasteiger partial charge in [-0.05, 0) is 77.8 Å². The molecule has 0 spiro atoms. The minimum absolute atomic E-state index is 0.915. The molecule has 1 aliphatic heterocycles. The van der Waals surface area contributed by atoms with Gasteiger partial charge in [0.25, 0.3) is 0 Å². The van der Waals surface area contributed by atoms with E-state index in [1.807, 2.05) is 0 Å².